The first-order valence-corrected chi connectivity index (χ1v) is 6.87. The van der Waals surface area contributed by atoms with E-state index in [1.54, 1.807) is 7.11 Å². The summed E-state index contributed by atoms with van der Waals surface area (Å²) in [4.78, 5) is 14.0. The number of rotatable bonds is 7. The highest BCUT2D eigenvalue weighted by atomic mass is 16.5. The predicted molar refractivity (Wildman–Crippen MR) is 75.1 cm³/mol. The number of carbonyl (C=O) groups excluding carboxylic acids is 1. The van der Waals surface area contributed by atoms with E-state index >= 15 is 0 Å². The summed E-state index contributed by atoms with van der Waals surface area (Å²) in [6.45, 7) is 3.87. The average molecular weight is 262 g/mol. The molecular weight excluding hydrogens is 240 g/mol. The van der Waals surface area contributed by atoms with Gasteiger partial charge in [-0.15, -0.1) is 0 Å². The lowest BCUT2D eigenvalue weighted by Crippen LogP contribution is -2.38. The molecule has 2 rings (SSSR count). The van der Waals surface area contributed by atoms with Crippen molar-refractivity contribution in [2.24, 2.45) is 0 Å². The lowest BCUT2D eigenvalue weighted by Gasteiger charge is -2.22. The quantitative estimate of drug-likeness (QED) is 0.814. The molecule has 104 valence electrons. The highest BCUT2D eigenvalue weighted by Crippen LogP contribution is 2.29. The molecule has 1 N–H and O–H groups in total. The molecule has 0 heterocycles. The van der Waals surface area contributed by atoms with E-state index in [1.165, 1.54) is 12.8 Å². The summed E-state index contributed by atoms with van der Waals surface area (Å²) >= 11 is 0. The molecule has 1 saturated carbocycles. The number of likely N-dealkylation sites (N-methyl/N-ethyl adjacent to an activating group) is 1. The number of hydrogen-bond acceptors (Lipinski definition) is 3. The Morgan fingerprint density at radius 1 is 1.42 bits per heavy atom. The van der Waals surface area contributed by atoms with E-state index in [4.69, 9.17) is 4.74 Å². The molecule has 4 heteroatoms. The van der Waals surface area contributed by atoms with Crippen molar-refractivity contribution in [2.45, 2.75) is 32.4 Å². The van der Waals surface area contributed by atoms with Crippen LogP contribution in [0.3, 0.4) is 0 Å². The van der Waals surface area contributed by atoms with Gasteiger partial charge >= 0.3 is 0 Å². The second-order valence-electron chi connectivity index (χ2n) is 4.90. The first-order chi connectivity index (χ1) is 9.24. The minimum Gasteiger partial charge on any atom is -0.496 e. The maximum absolute atomic E-state index is 11.7. The van der Waals surface area contributed by atoms with Crippen LogP contribution >= 0.6 is 0 Å². The number of nitrogens with zero attached hydrogens (tertiary/aromatic N) is 1. The van der Waals surface area contributed by atoms with E-state index in [1.807, 2.05) is 25.1 Å². The Bertz CT molecular complexity index is 430. The van der Waals surface area contributed by atoms with Gasteiger partial charge in [-0.3, -0.25) is 9.69 Å². The lowest BCUT2D eigenvalue weighted by atomic mass is 10.2. The molecule has 0 aliphatic heterocycles. The minimum absolute atomic E-state index is 0.101. The van der Waals surface area contributed by atoms with Gasteiger partial charge in [-0.05, 0) is 25.8 Å². The largest absolute Gasteiger partial charge is 0.496 e. The summed E-state index contributed by atoms with van der Waals surface area (Å²) in [6, 6.07) is 8.55. The van der Waals surface area contributed by atoms with Crippen LogP contribution in [0.25, 0.3) is 0 Å². The Labute approximate surface area is 114 Å². The number of methoxy groups -OCH3 is 1. The molecule has 19 heavy (non-hydrogen) atoms. The molecule has 0 saturated heterocycles. The molecule has 0 aromatic heterocycles. The van der Waals surface area contributed by atoms with E-state index in [-0.39, 0.29) is 5.91 Å². The first-order valence-electron chi connectivity index (χ1n) is 6.87. The van der Waals surface area contributed by atoms with E-state index in [2.05, 4.69) is 16.3 Å². The average Bonchev–Trinajstić information content (AvgIpc) is 3.23. The number of nitrogens with one attached hydrogen (secondary N) is 1. The van der Waals surface area contributed by atoms with Crippen LogP contribution in [0.4, 0.5) is 0 Å². The molecule has 0 radical (unpaired) electrons. The molecule has 1 aliphatic carbocycles. The molecular formula is C15H22N2O2. The van der Waals surface area contributed by atoms with Gasteiger partial charge in [-0.1, -0.05) is 18.2 Å². The van der Waals surface area contributed by atoms with Crippen molar-refractivity contribution in [3.8, 4) is 5.75 Å². The van der Waals surface area contributed by atoms with E-state index < -0.39 is 0 Å². The van der Waals surface area contributed by atoms with Crippen LogP contribution in [0.1, 0.15) is 25.3 Å². The molecule has 0 atom stereocenters. The molecule has 1 aromatic rings. The molecule has 1 amide bonds. The van der Waals surface area contributed by atoms with Crippen molar-refractivity contribution in [1.82, 2.24) is 10.2 Å². The van der Waals surface area contributed by atoms with E-state index in [0.29, 0.717) is 19.1 Å². The third-order valence-electron chi connectivity index (χ3n) is 3.35. The molecule has 1 fully saturated rings. The summed E-state index contributed by atoms with van der Waals surface area (Å²) in [5, 5.41) is 2.86. The zero-order chi connectivity index (χ0) is 13.7. The predicted octanol–water partition coefficient (Wildman–Crippen LogP) is 1.80. The van der Waals surface area contributed by atoms with Crippen LogP contribution in [0, 0.1) is 0 Å². The van der Waals surface area contributed by atoms with Crippen LogP contribution < -0.4 is 10.1 Å². The SMILES string of the molecule is CCNC(=O)CN(Cc1ccccc1OC)C1CC1. The summed E-state index contributed by atoms with van der Waals surface area (Å²) in [5.41, 5.74) is 1.14. The van der Waals surface area contributed by atoms with Gasteiger partial charge in [-0.25, -0.2) is 0 Å². The Morgan fingerprint density at radius 3 is 2.79 bits per heavy atom. The van der Waals surface area contributed by atoms with Gasteiger partial charge < -0.3 is 10.1 Å². The normalized spacial score (nSPS) is 14.5. The van der Waals surface area contributed by atoms with Crippen molar-refractivity contribution in [1.29, 1.82) is 0 Å². The highest BCUT2D eigenvalue weighted by Gasteiger charge is 2.30. The number of para-hydroxylation sites is 1. The van der Waals surface area contributed by atoms with Gasteiger partial charge in [0.15, 0.2) is 0 Å². The molecule has 0 spiro atoms. The molecule has 0 unspecified atom stereocenters. The third kappa shape index (κ3) is 3.96. The first kappa shape index (κ1) is 13.9. The summed E-state index contributed by atoms with van der Waals surface area (Å²) < 4.78 is 5.37. The fraction of sp³-hybridized carbons (Fsp3) is 0.533. The summed E-state index contributed by atoms with van der Waals surface area (Å²) in [6.07, 6.45) is 2.38. The Balaban J connectivity index is 2.02. The van der Waals surface area contributed by atoms with Gasteiger partial charge in [0, 0.05) is 24.7 Å². The number of carbonyl (C=O) groups is 1. The second kappa shape index (κ2) is 6.57. The zero-order valence-corrected chi connectivity index (χ0v) is 11.7. The lowest BCUT2D eigenvalue weighted by molar-refractivity contribution is -0.122. The van der Waals surface area contributed by atoms with Crippen molar-refractivity contribution < 1.29 is 9.53 Å². The van der Waals surface area contributed by atoms with E-state index in [0.717, 1.165) is 17.9 Å². The van der Waals surface area contributed by atoms with Crippen molar-refractivity contribution in [3.05, 3.63) is 29.8 Å². The van der Waals surface area contributed by atoms with Gasteiger partial charge in [0.25, 0.3) is 0 Å². The van der Waals surface area contributed by atoms with Gasteiger partial charge in [0.1, 0.15) is 5.75 Å². The fourth-order valence-electron chi connectivity index (χ4n) is 2.24. The van der Waals surface area contributed by atoms with Crippen LogP contribution in [-0.4, -0.2) is 37.0 Å². The van der Waals surface area contributed by atoms with Crippen molar-refractivity contribution in [2.75, 3.05) is 20.2 Å². The number of amides is 1. The Hall–Kier alpha value is -1.55. The number of benzene rings is 1. The zero-order valence-electron chi connectivity index (χ0n) is 11.7. The second-order valence-corrected chi connectivity index (χ2v) is 4.90. The molecule has 0 bridgehead atoms. The van der Waals surface area contributed by atoms with Crippen molar-refractivity contribution in [3.63, 3.8) is 0 Å². The van der Waals surface area contributed by atoms with Gasteiger partial charge in [0.2, 0.25) is 5.91 Å². The van der Waals surface area contributed by atoms with Crippen LogP contribution in [0.5, 0.6) is 5.75 Å². The van der Waals surface area contributed by atoms with Crippen LogP contribution in [0.15, 0.2) is 24.3 Å². The maximum Gasteiger partial charge on any atom is 0.234 e. The topological polar surface area (TPSA) is 41.6 Å². The maximum atomic E-state index is 11.7. The monoisotopic (exact) mass is 262 g/mol. The molecule has 4 nitrogen and oxygen atoms in total. The van der Waals surface area contributed by atoms with Crippen LogP contribution in [-0.2, 0) is 11.3 Å². The van der Waals surface area contributed by atoms with Crippen molar-refractivity contribution >= 4 is 5.91 Å². The third-order valence-corrected chi connectivity index (χ3v) is 3.35. The standard InChI is InChI=1S/C15H22N2O2/c1-3-16-15(18)11-17(13-8-9-13)10-12-6-4-5-7-14(12)19-2/h4-7,13H,3,8-11H2,1-2H3,(H,16,18). The summed E-state index contributed by atoms with van der Waals surface area (Å²) in [7, 11) is 1.68. The highest BCUT2D eigenvalue weighted by molar-refractivity contribution is 5.78. The van der Waals surface area contributed by atoms with Crippen LogP contribution in [0.2, 0.25) is 0 Å². The molecule has 1 aliphatic rings. The summed E-state index contributed by atoms with van der Waals surface area (Å²) in [5.74, 6) is 0.994. The number of hydrogen-bond donors (Lipinski definition) is 1. The minimum atomic E-state index is 0.101. The number of ether oxygens (including phenoxy) is 1. The van der Waals surface area contributed by atoms with Gasteiger partial charge in [0.05, 0.1) is 13.7 Å². The Morgan fingerprint density at radius 2 is 2.16 bits per heavy atom. The smallest absolute Gasteiger partial charge is 0.234 e. The van der Waals surface area contributed by atoms with E-state index in [9.17, 15) is 4.79 Å². The fourth-order valence-corrected chi connectivity index (χ4v) is 2.24. The van der Waals surface area contributed by atoms with Gasteiger partial charge in [-0.2, -0.15) is 0 Å². The molecule has 1 aromatic carbocycles. The Kier molecular flexibility index (Phi) is 4.80.